The molecule has 0 aliphatic carbocycles. The summed E-state index contributed by atoms with van der Waals surface area (Å²) in [6.45, 7) is 1.80. The van der Waals surface area contributed by atoms with Crippen LogP contribution >= 0.6 is 0 Å². The maximum absolute atomic E-state index is 13.7. The first-order valence-corrected chi connectivity index (χ1v) is 10.3. The number of hydrogen-bond donors (Lipinski definition) is 1. The molecule has 0 unspecified atom stereocenters. The molecule has 1 N–H and O–H groups in total. The fourth-order valence-electron chi connectivity index (χ4n) is 3.77. The van der Waals surface area contributed by atoms with Crippen LogP contribution in [-0.2, 0) is 16.1 Å². The number of imide groups is 1. The molecule has 1 aliphatic heterocycles. The van der Waals surface area contributed by atoms with E-state index in [1.165, 1.54) is 47.4 Å². The zero-order chi connectivity index (χ0) is 23.5. The van der Waals surface area contributed by atoms with Gasteiger partial charge in [-0.1, -0.05) is 24.3 Å². The van der Waals surface area contributed by atoms with Gasteiger partial charge in [-0.25, -0.2) is 18.5 Å². The van der Waals surface area contributed by atoms with E-state index in [0.717, 1.165) is 10.5 Å². The van der Waals surface area contributed by atoms with Crippen molar-refractivity contribution < 1.29 is 23.2 Å². The van der Waals surface area contributed by atoms with Gasteiger partial charge in [-0.15, -0.1) is 0 Å². The predicted molar refractivity (Wildman–Crippen MR) is 119 cm³/mol. The van der Waals surface area contributed by atoms with Crippen LogP contribution in [0, 0.1) is 18.6 Å². The number of nitrogens with zero attached hydrogens (tertiary/aromatic N) is 2. The molecular formula is C25H21F2N3O3. The molecule has 33 heavy (non-hydrogen) atoms. The molecule has 0 saturated carbocycles. The highest BCUT2D eigenvalue weighted by atomic mass is 19.1. The molecule has 3 aromatic carbocycles. The summed E-state index contributed by atoms with van der Waals surface area (Å²) in [7, 11) is 0. The zero-order valence-electron chi connectivity index (χ0n) is 17.8. The van der Waals surface area contributed by atoms with Gasteiger partial charge in [0.1, 0.15) is 17.7 Å². The van der Waals surface area contributed by atoms with E-state index >= 15 is 0 Å². The van der Waals surface area contributed by atoms with Crippen LogP contribution in [0.4, 0.5) is 25.0 Å². The molecule has 0 radical (unpaired) electrons. The van der Waals surface area contributed by atoms with Crippen LogP contribution in [-0.4, -0.2) is 28.8 Å². The van der Waals surface area contributed by atoms with Crippen molar-refractivity contribution in [3.8, 4) is 0 Å². The number of anilines is 2. The Bertz CT molecular complexity index is 1210. The van der Waals surface area contributed by atoms with Crippen LogP contribution < -0.4 is 10.2 Å². The second kappa shape index (κ2) is 9.20. The van der Waals surface area contributed by atoms with Gasteiger partial charge >= 0.3 is 6.03 Å². The quantitative estimate of drug-likeness (QED) is 0.558. The summed E-state index contributed by atoms with van der Waals surface area (Å²) in [6.07, 6.45) is -0.306. The average Bonchev–Trinajstić information content (AvgIpc) is 2.99. The SMILES string of the molecule is Cc1cccc(N2C(=O)[C@@H](CC(=O)Nc3ccc(F)cc3)N(Cc3cccc(F)c3)C2=O)c1. The fraction of sp³-hybridized carbons (Fsp3) is 0.160. The number of halogens is 2. The number of rotatable bonds is 6. The summed E-state index contributed by atoms with van der Waals surface area (Å²) < 4.78 is 26.8. The second-order valence-electron chi connectivity index (χ2n) is 7.83. The van der Waals surface area contributed by atoms with Crippen LogP contribution in [0.25, 0.3) is 0 Å². The normalized spacial score (nSPS) is 15.8. The highest BCUT2D eigenvalue weighted by molar-refractivity contribution is 6.22. The minimum absolute atomic E-state index is 0.0425. The molecule has 1 saturated heterocycles. The summed E-state index contributed by atoms with van der Waals surface area (Å²) in [5, 5.41) is 2.61. The van der Waals surface area contributed by atoms with Gasteiger partial charge in [-0.3, -0.25) is 9.59 Å². The van der Waals surface area contributed by atoms with Crippen molar-refractivity contribution in [2.75, 3.05) is 10.2 Å². The Morgan fingerprint density at radius 3 is 2.36 bits per heavy atom. The maximum atomic E-state index is 13.7. The summed E-state index contributed by atoms with van der Waals surface area (Å²) in [5.74, 6) is -1.97. The Morgan fingerprint density at radius 1 is 0.939 bits per heavy atom. The molecule has 0 spiro atoms. The Morgan fingerprint density at radius 2 is 1.67 bits per heavy atom. The van der Waals surface area contributed by atoms with Gasteiger partial charge in [-0.2, -0.15) is 0 Å². The van der Waals surface area contributed by atoms with Crippen molar-refractivity contribution in [1.82, 2.24) is 4.90 Å². The Hall–Kier alpha value is -4.07. The van der Waals surface area contributed by atoms with Crippen molar-refractivity contribution in [2.45, 2.75) is 25.9 Å². The number of hydrogen-bond acceptors (Lipinski definition) is 3. The highest BCUT2D eigenvalue weighted by Crippen LogP contribution is 2.29. The number of urea groups is 1. The minimum Gasteiger partial charge on any atom is -0.326 e. The molecule has 1 atom stereocenters. The van der Waals surface area contributed by atoms with E-state index in [-0.39, 0.29) is 13.0 Å². The smallest absolute Gasteiger partial charge is 0.326 e. The molecule has 4 amide bonds. The predicted octanol–water partition coefficient (Wildman–Crippen LogP) is 4.64. The number of aryl methyl sites for hydroxylation is 1. The fourth-order valence-corrected chi connectivity index (χ4v) is 3.77. The van der Waals surface area contributed by atoms with Crippen molar-refractivity contribution in [1.29, 1.82) is 0 Å². The van der Waals surface area contributed by atoms with Gasteiger partial charge in [0, 0.05) is 12.2 Å². The summed E-state index contributed by atoms with van der Waals surface area (Å²) in [6, 6.07) is 16.2. The second-order valence-corrected chi connectivity index (χ2v) is 7.83. The van der Waals surface area contributed by atoms with E-state index in [2.05, 4.69) is 5.32 Å². The van der Waals surface area contributed by atoms with Crippen LogP contribution in [0.2, 0.25) is 0 Å². The molecule has 3 aromatic rings. The van der Waals surface area contributed by atoms with Gasteiger partial charge in [0.25, 0.3) is 5.91 Å². The Labute approximate surface area is 189 Å². The number of nitrogens with one attached hydrogen (secondary N) is 1. The first-order chi connectivity index (χ1) is 15.8. The molecule has 1 fully saturated rings. The van der Waals surface area contributed by atoms with Crippen molar-refractivity contribution in [3.63, 3.8) is 0 Å². The van der Waals surface area contributed by atoms with E-state index in [0.29, 0.717) is 16.9 Å². The topological polar surface area (TPSA) is 69.7 Å². The van der Waals surface area contributed by atoms with Crippen LogP contribution in [0.1, 0.15) is 17.5 Å². The molecule has 0 aromatic heterocycles. The van der Waals surface area contributed by atoms with Crippen LogP contribution in [0.3, 0.4) is 0 Å². The summed E-state index contributed by atoms with van der Waals surface area (Å²) in [4.78, 5) is 41.5. The van der Waals surface area contributed by atoms with E-state index in [1.807, 2.05) is 13.0 Å². The molecule has 4 rings (SSSR count). The minimum atomic E-state index is -1.08. The lowest BCUT2D eigenvalue weighted by molar-refractivity contribution is -0.124. The third-order valence-electron chi connectivity index (χ3n) is 5.33. The third-order valence-corrected chi connectivity index (χ3v) is 5.33. The Kier molecular flexibility index (Phi) is 6.17. The van der Waals surface area contributed by atoms with Gasteiger partial charge in [0.2, 0.25) is 5.91 Å². The lowest BCUT2D eigenvalue weighted by atomic mass is 10.1. The number of benzene rings is 3. The average molecular weight is 449 g/mol. The van der Waals surface area contributed by atoms with E-state index in [9.17, 15) is 23.2 Å². The van der Waals surface area contributed by atoms with Crippen molar-refractivity contribution >= 4 is 29.2 Å². The zero-order valence-corrected chi connectivity index (χ0v) is 17.8. The lowest BCUT2D eigenvalue weighted by Crippen LogP contribution is -2.37. The van der Waals surface area contributed by atoms with Crippen molar-refractivity contribution in [3.05, 3.63) is 95.6 Å². The highest BCUT2D eigenvalue weighted by Gasteiger charge is 2.46. The molecule has 1 heterocycles. The lowest BCUT2D eigenvalue weighted by Gasteiger charge is -2.21. The summed E-state index contributed by atoms with van der Waals surface area (Å²) in [5.41, 5.74) is 2.12. The Balaban J connectivity index is 1.61. The van der Waals surface area contributed by atoms with Crippen LogP contribution in [0.5, 0.6) is 0 Å². The van der Waals surface area contributed by atoms with Gasteiger partial charge < -0.3 is 10.2 Å². The van der Waals surface area contributed by atoms with E-state index in [4.69, 9.17) is 0 Å². The van der Waals surface area contributed by atoms with Gasteiger partial charge in [0.15, 0.2) is 0 Å². The number of carbonyl (C=O) groups is 3. The molecule has 8 heteroatoms. The first kappa shape index (κ1) is 22.1. The summed E-state index contributed by atoms with van der Waals surface area (Å²) >= 11 is 0. The largest absolute Gasteiger partial charge is 0.332 e. The van der Waals surface area contributed by atoms with Crippen molar-refractivity contribution in [2.24, 2.45) is 0 Å². The number of amides is 4. The number of carbonyl (C=O) groups excluding carboxylic acids is 3. The van der Waals surface area contributed by atoms with Crippen LogP contribution in [0.15, 0.2) is 72.8 Å². The molecule has 0 bridgehead atoms. The molecule has 1 aliphatic rings. The van der Waals surface area contributed by atoms with Gasteiger partial charge in [0.05, 0.1) is 12.1 Å². The first-order valence-electron chi connectivity index (χ1n) is 10.3. The van der Waals surface area contributed by atoms with Gasteiger partial charge in [-0.05, 0) is 66.6 Å². The van der Waals surface area contributed by atoms with E-state index in [1.54, 1.807) is 24.3 Å². The van der Waals surface area contributed by atoms with E-state index < -0.39 is 35.5 Å². The monoisotopic (exact) mass is 449 g/mol. The standard InChI is InChI=1S/C25H21F2N3O3/c1-16-4-2-7-21(12-16)30-24(32)22(14-23(31)28-20-10-8-18(26)9-11-20)29(25(30)33)15-17-5-3-6-19(27)13-17/h2-13,22H,14-15H2,1H3,(H,28,31)/t22-/m1/s1. The maximum Gasteiger partial charge on any atom is 0.332 e. The molecule has 6 nitrogen and oxygen atoms in total. The molecule has 168 valence electrons. The molecular weight excluding hydrogens is 428 g/mol. The third kappa shape index (κ3) is 4.90.